The smallest absolute Gasteiger partial charge is 0.326 e. The first-order valence-corrected chi connectivity index (χ1v) is 8.61. The van der Waals surface area contributed by atoms with Crippen molar-refractivity contribution in [2.45, 2.75) is 38.1 Å². The fraction of sp³-hybridized carbons (Fsp3) is 0.500. The van der Waals surface area contributed by atoms with Crippen LogP contribution in [0.25, 0.3) is 0 Å². The van der Waals surface area contributed by atoms with E-state index in [4.69, 9.17) is 5.11 Å². The topological polar surface area (TPSA) is 66.4 Å². The van der Waals surface area contributed by atoms with Gasteiger partial charge in [-0.1, -0.05) is 18.2 Å². The van der Waals surface area contributed by atoms with Gasteiger partial charge in [0, 0.05) is 0 Å². The van der Waals surface area contributed by atoms with Crippen LogP contribution in [-0.4, -0.2) is 35.0 Å². The van der Waals surface area contributed by atoms with Crippen molar-refractivity contribution in [3.8, 4) is 0 Å². The maximum absolute atomic E-state index is 12.0. The molecule has 0 unspecified atom stereocenters. The average molecular weight is 307 g/mol. The molecule has 1 aromatic rings. The van der Waals surface area contributed by atoms with Gasteiger partial charge in [0.25, 0.3) is 0 Å². The normalized spacial score (nSPS) is 14.5. The molecule has 21 heavy (non-hydrogen) atoms. The lowest BCUT2D eigenvalue weighted by atomic mass is 10.0. The molecule has 0 radical (unpaired) electrons. The van der Waals surface area contributed by atoms with Crippen molar-refractivity contribution >= 4 is 23.6 Å². The van der Waals surface area contributed by atoms with Crippen LogP contribution in [0.1, 0.15) is 29.5 Å². The Morgan fingerprint density at radius 2 is 2.10 bits per heavy atom. The van der Waals surface area contributed by atoms with Crippen LogP contribution in [0.2, 0.25) is 0 Å². The zero-order valence-electron chi connectivity index (χ0n) is 12.2. The third-order valence-corrected chi connectivity index (χ3v) is 4.42. The van der Waals surface area contributed by atoms with E-state index in [-0.39, 0.29) is 12.3 Å². The molecule has 1 aliphatic carbocycles. The summed E-state index contributed by atoms with van der Waals surface area (Å²) < 4.78 is 0. The predicted octanol–water partition coefficient (Wildman–Crippen LogP) is 2.04. The maximum Gasteiger partial charge on any atom is 0.326 e. The Bertz CT molecular complexity index is 530. The van der Waals surface area contributed by atoms with Crippen molar-refractivity contribution in [1.82, 2.24) is 5.32 Å². The molecule has 1 amide bonds. The molecule has 0 bridgehead atoms. The van der Waals surface area contributed by atoms with Crippen LogP contribution in [0.3, 0.4) is 0 Å². The van der Waals surface area contributed by atoms with E-state index in [1.165, 1.54) is 17.5 Å². The number of carbonyl (C=O) groups excluding carboxylic acids is 1. The number of carboxylic acids is 1. The molecule has 0 fully saturated rings. The first-order chi connectivity index (χ1) is 10.1. The number of fused-ring (bicyclic) bond motifs is 1. The summed E-state index contributed by atoms with van der Waals surface area (Å²) >= 11 is 1.58. The van der Waals surface area contributed by atoms with Gasteiger partial charge in [0.1, 0.15) is 6.04 Å². The Morgan fingerprint density at radius 1 is 1.33 bits per heavy atom. The molecular formula is C16H21NO3S. The van der Waals surface area contributed by atoms with Crippen LogP contribution < -0.4 is 5.32 Å². The second kappa shape index (κ2) is 7.50. The van der Waals surface area contributed by atoms with Gasteiger partial charge in [0.15, 0.2) is 0 Å². The Kier molecular flexibility index (Phi) is 5.67. The van der Waals surface area contributed by atoms with Gasteiger partial charge in [-0.05, 0) is 54.4 Å². The number of hydrogen-bond acceptors (Lipinski definition) is 3. The number of aryl methyl sites for hydroxylation is 2. The van der Waals surface area contributed by atoms with Gasteiger partial charge in [-0.2, -0.15) is 11.8 Å². The van der Waals surface area contributed by atoms with Gasteiger partial charge in [0.2, 0.25) is 5.91 Å². The molecule has 2 N–H and O–H groups in total. The molecule has 2 rings (SSSR count). The fourth-order valence-corrected chi connectivity index (χ4v) is 3.13. The van der Waals surface area contributed by atoms with E-state index >= 15 is 0 Å². The van der Waals surface area contributed by atoms with E-state index in [0.717, 1.165) is 24.2 Å². The minimum Gasteiger partial charge on any atom is -0.480 e. The molecule has 1 atom stereocenters. The molecule has 0 spiro atoms. The number of amides is 1. The van der Waals surface area contributed by atoms with E-state index in [0.29, 0.717) is 6.42 Å². The summed E-state index contributed by atoms with van der Waals surface area (Å²) in [6, 6.07) is 5.35. The third kappa shape index (κ3) is 4.49. The van der Waals surface area contributed by atoms with E-state index in [2.05, 4.69) is 17.4 Å². The highest BCUT2D eigenvalue weighted by Crippen LogP contribution is 2.23. The molecule has 0 saturated heterocycles. The number of carbonyl (C=O) groups is 2. The molecule has 114 valence electrons. The van der Waals surface area contributed by atoms with Gasteiger partial charge in [0.05, 0.1) is 6.42 Å². The minimum atomic E-state index is -0.966. The zero-order valence-corrected chi connectivity index (χ0v) is 13.0. The van der Waals surface area contributed by atoms with E-state index in [1.807, 2.05) is 12.3 Å². The summed E-state index contributed by atoms with van der Waals surface area (Å²) in [6.45, 7) is 0. The molecule has 1 aliphatic rings. The summed E-state index contributed by atoms with van der Waals surface area (Å²) in [4.78, 5) is 23.1. The van der Waals surface area contributed by atoms with Crippen molar-refractivity contribution in [3.63, 3.8) is 0 Å². The van der Waals surface area contributed by atoms with Crippen molar-refractivity contribution in [3.05, 3.63) is 34.9 Å². The first kappa shape index (κ1) is 15.9. The van der Waals surface area contributed by atoms with Crippen LogP contribution >= 0.6 is 11.8 Å². The molecule has 1 aromatic carbocycles. The number of benzene rings is 1. The SMILES string of the molecule is CSCC[C@H](NC(=O)Cc1ccc2c(c1)CCC2)C(=O)O. The maximum atomic E-state index is 12.0. The van der Waals surface area contributed by atoms with Crippen LogP contribution in [-0.2, 0) is 28.9 Å². The summed E-state index contributed by atoms with van der Waals surface area (Å²) in [5, 5.41) is 11.7. The molecular weight excluding hydrogens is 286 g/mol. The lowest BCUT2D eigenvalue weighted by molar-refractivity contribution is -0.141. The number of aliphatic carboxylic acids is 1. The van der Waals surface area contributed by atoms with Gasteiger partial charge >= 0.3 is 5.97 Å². The summed E-state index contributed by atoms with van der Waals surface area (Å²) in [5.74, 6) is -0.469. The molecule has 0 saturated carbocycles. The summed E-state index contributed by atoms with van der Waals surface area (Å²) in [6.07, 6.45) is 6.00. The van der Waals surface area contributed by atoms with E-state index < -0.39 is 12.0 Å². The number of thioether (sulfide) groups is 1. The van der Waals surface area contributed by atoms with Crippen LogP contribution in [0, 0.1) is 0 Å². The standard InChI is InChI=1S/C16H21NO3S/c1-21-8-7-14(16(19)20)17-15(18)10-11-5-6-12-3-2-4-13(12)9-11/h5-6,9,14H,2-4,7-8,10H2,1H3,(H,17,18)(H,19,20)/t14-/m0/s1. The van der Waals surface area contributed by atoms with Crippen LogP contribution in [0.5, 0.6) is 0 Å². The lowest BCUT2D eigenvalue weighted by Gasteiger charge is -2.14. The molecule has 0 aliphatic heterocycles. The molecule has 4 nitrogen and oxygen atoms in total. The van der Waals surface area contributed by atoms with Crippen LogP contribution in [0.15, 0.2) is 18.2 Å². The highest BCUT2D eigenvalue weighted by Gasteiger charge is 2.19. The van der Waals surface area contributed by atoms with Crippen LogP contribution in [0.4, 0.5) is 0 Å². The Hall–Kier alpha value is -1.49. The van der Waals surface area contributed by atoms with E-state index in [9.17, 15) is 9.59 Å². The first-order valence-electron chi connectivity index (χ1n) is 7.22. The quantitative estimate of drug-likeness (QED) is 0.809. The zero-order chi connectivity index (χ0) is 15.2. The molecule has 0 heterocycles. The second-order valence-electron chi connectivity index (χ2n) is 5.37. The summed E-state index contributed by atoms with van der Waals surface area (Å²) in [5.41, 5.74) is 3.67. The Morgan fingerprint density at radius 3 is 2.81 bits per heavy atom. The van der Waals surface area contributed by atoms with Gasteiger partial charge < -0.3 is 10.4 Å². The largest absolute Gasteiger partial charge is 0.480 e. The predicted molar refractivity (Wildman–Crippen MR) is 84.7 cm³/mol. The van der Waals surface area contributed by atoms with Gasteiger partial charge in [-0.25, -0.2) is 4.79 Å². The van der Waals surface area contributed by atoms with Gasteiger partial charge in [-0.15, -0.1) is 0 Å². The Balaban J connectivity index is 1.92. The lowest BCUT2D eigenvalue weighted by Crippen LogP contribution is -2.41. The molecule has 5 heteroatoms. The Labute approximate surface area is 129 Å². The second-order valence-corrected chi connectivity index (χ2v) is 6.36. The number of carboxylic acid groups (broad SMARTS) is 1. The van der Waals surface area contributed by atoms with Crippen molar-refractivity contribution in [2.24, 2.45) is 0 Å². The monoisotopic (exact) mass is 307 g/mol. The number of rotatable bonds is 7. The van der Waals surface area contributed by atoms with E-state index in [1.54, 1.807) is 11.8 Å². The van der Waals surface area contributed by atoms with Crippen molar-refractivity contribution in [1.29, 1.82) is 0 Å². The number of hydrogen-bond donors (Lipinski definition) is 2. The molecule has 0 aromatic heterocycles. The van der Waals surface area contributed by atoms with Gasteiger partial charge in [-0.3, -0.25) is 4.79 Å². The highest BCUT2D eigenvalue weighted by molar-refractivity contribution is 7.98. The third-order valence-electron chi connectivity index (χ3n) is 3.77. The van der Waals surface area contributed by atoms with Crippen molar-refractivity contribution in [2.75, 3.05) is 12.0 Å². The fourth-order valence-electron chi connectivity index (χ4n) is 2.66. The number of nitrogens with one attached hydrogen (secondary N) is 1. The minimum absolute atomic E-state index is 0.221. The summed E-state index contributed by atoms with van der Waals surface area (Å²) in [7, 11) is 0. The van der Waals surface area contributed by atoms with Crippen molar-refractivity contribution < 1.29 is 14.7 Å². The average Bonchev–Trinajstić information content (AvgIpc) is 2.90. The highest BCUT2D eigenvalue weighted by atomic mass is 32.2.